The molecule has 4 heteroatoms. The fourth-order valence-corrected chi connectivity index (χ4v) is 2.16. The molecule has 0 bridgehead atoms. The summed E-state index contributed by atoms with van der Waals surface area (Å²) < 4.78 is 10.3. The van der Waals surface area contributed by atoms with E-state index in [1.807, 2.05) is 52.0 Å². The van der Waals surface area contributed by atoms with Crippen LogP contribution in [0.2, 0.25) is 0 Å². The average Bonchev–Trinajstić information content (AvgIpc) is 2.54. The normalized spacial score (nSPS) is 10.8. The van der Waals surface area contributed by atoms with Gasteiger partial charge in [-0.05, 0) is 63.1 Å². The molecule has 0 aliphatic heterocycles. The molecular weight excluding hydrogens is 304 g/mol. The summed E-state index contributed by atoms with van der Waals surface area (Å²) in [5.74, 6) is -0.661. The second-order valence-corrected chi connectivity index (χ2v) is 6.06. The van der Waals surface area contributed by atoms with Crippen LogP contribution in [0.3, 0.4) is 0 Å². The number of rotatable bonds is 5. The van der Waals surface area contributed by atoms with E-state index < -0.39 is 0 Å². The topological polar surface area (TPSA) is 52.6 Å². The van der Waals surface area contributed by atoms with Gasteiger partial charge in [0.1, 0.15) is 0 Å². The lowest BCUT2D eigenvalue weighted by Gasteiger charge is -2.09. The van der Waals surface area contributed by atoms with E-state index in [2.05, 4.69) is 0 Å². The number of carbonyl (C=O) groups excluding carboxylic acids is 2. The van der Waals surface area contributed by atoms with Gasteiger partial charge >= 0.3 is 11.9 Å². The van der Waals surface area contributed by atoms with Crippen LogP contribution in [0.15, 0.2) is 48.5 Å². The van der Waals surface area contributed by atoms with Crippen LogP contribution in [0.25, 0.3) is 11.1 Å². The molecule has 0 saturated heterocycles. The van der Waals surface area contributed by atoms with Gasteiger partial charge in [-0.15, -0.1) is 0 Å². The third kappa shape index (κ3) is 4.69. The summed E-state index contributed by atoms with van der Waals surface area (Å²) in [7, 11) is 0. The van der Waals surface area contributed by atoms with Gasteiger partial charge in [0.15, 0.2) is 0 Å². The quantitative estimate of drug-likeness (QED) is 0.760. The van der Waals surface area contributed by atoms with Crippen LogP contribution >= 0.6 is 0 Å². The minimum atomic E-state index is -0.330. The average molecular weight is 326 g/mol. The molecule has 4 nitrogen and oxygen atoms in total. The number of benzene rings is 2. The van der Waals surface area contributed by atoms with Gasteiger partial charge in [-0.2, -0.15) is 0 Å². The molecule has 0 unspecified atom stereocenters. The first kappa shape index (κ1) is 17.7. The van der Waals surface area contributed by atoms with Crippen molar-refractivity contribution in [3.05, 3.63) is 59.7 Å². The van der Waals surface area contributed by atoms with Gasteiger partial charge in [-0.25, -0.2) is 9.59 Å². The number of carbonyl (C=O) groups is 2. The molecule has 2 aromatic carbocycles. The van der Waals surface area contributed by atoms with Gasteiger partial charge < -0.3 is 9.47 Å². The number of ether oxygens (including phenoxy) is 2. The molecule has 0 fully saturated rings. The van der Waals surface area contributed by atoms with Crippen molar-refractivity contribution in [2.75, 3.05) is 0 Å². The van der Waals surface area contributed by atoms with Gasteiger partial charge in [0, 0.05) is 0 Å². The SMILES string of the molecule is CC(C)OC(=O)c1ccc(-c2ccc(C(=O)OC(C)C)cc2)cc1. The minimum Gasteiger partial charge on any atom is -0.459 e. The Bertz CT molecular complexity index is 634. The molecule has 2 aromatic rings. The molecular formula is C20H22O4. The Balaban J connectivity index is 2.12. The molecule has 0 atom stereocenters. The van der Waals surface area contributed by atoms with Crippen LogP contribution in [0.4, 0.5) is 0 Å². The molecule has 126 valence electrons. The molecule has 0 saturated carbocycles. The van der Waals surface area contributed by atoms with E-state index in [9.17, 15) is 9.59 Å². The molecule has 0 radical (unpaired) electrons. The van der Waals surface area contributed by atoms with E-state index in [0.29, 0.717) is 11.1 Å². The molecule has 0 spiro atoms. The summed E-state index contributed by atoms with van der Waals surface area (Å²) in [6.45, 7) is 7.27. The van der Waals surface area contributed by atoms with Crippen molar-refractivity contribution in [1.29, 1.82) is 0 Å². The number of hydrogen-bond donors (Lipinski definition) is 0. The molecule has 0 aliphatic carbocycles. The predicted molar refractivity (Wildman–Crippen MR) is 93.0 cm³/mol. The van der Waals surface area contributed by atoms with Crippen LogP contribution in [-0.2, 0) is 9.47 Å². The number of hydrogen-bond acceptors (Lipinski definition) is 4. The van der Waals surface area contributed by atoms with Crippen LogP contribution in [0.5, 0.6) is 0 Å². The van der Waals surface area contributed by atoms with E-state index in [1.54, 1.807) is 24.3 Å². The fraction of sp³-hybridized carbons (Fsp3) is 0.300. The standard InChI is InChI=1S/C20H22O4/c1-13(2)23-19(21)17-9-5-15(6-10-17)16-7-11-18(12-8-16)20(22)24-14(3)4/h5-14H,1-4H3. The van der Waals surface area contributed by atoms with Gasteiger partial charge in [-0.1, -0.05) is 24.3 Å². The first-order valence-corrected chi connectivity index (χ1v) is 7.99. The highest BCUT2D eigenvalue weighted by molar-refractivity contribution is 5.91. The monoisotopic (exact) mass is 326 g/mol. The summed E-state index contributed by atoms with van der Waals surface area (Å²) in [4.78, 5) is 23.7. The van der Waals surface area contributed by atoms with E-state index >= 15 is 0 Å². The van der Waals surface area contributed by atoms with Crippen LogP contribution in [0, 0.1) is 0 Å². The van der Waals surface area contributed by atoms with Crippen molar-refractivity contribution in [2.24, 2.45) is 0 Å². The second kappa shape index (κ2) is 7.77. The summed E-state index contributed by atoms with van der Waals surface area (Å²) in [6, 6.07) is 14.4. The molecule has 2 rings (SSSR count). The van der Waals surface area contributed by atoms with Crippen molar-refractivity contribution >= 4 is 11.9 Å². The highest BCUT2D eigenvalue weighted by Crippen LogP contribution is 2.21. The van der Waals surface area contributed by atoms with Gasteiger partial charge in [0.25, 0.3) is 0 Å². The zero-order chi connectivity index (χ0) is 17.7. The smallest absolute Gasteiger partial charge is 0.338 e. The molecule has 0 aromatic heterocycles. The molecule has 0 N–H and O–H groups in total. The van der Waals surface area contributed by atoms with Crippen molar-refractivity contribution < 1.29 is 19.1 Å². The van der Waals surface area contributed by atoms with Crippen molar-refractivity contribution in [2.45, 2.75) is 39.9 Å². The van der Waals surface area contributed by atoms with Gasteiger partial charge in [0.05, 0.1) is 23.3 Å². The zero-order valence-electron chi connectivity index (χ0n) is 14.4. The van der Waals surface area contributed by atoms with E-state index in [1.165, 1.54) is 0 Å². The Morgan fingerprint density at radius 3 is 1.17 bits per heavy atom. The molecule has 24 heavy (non-hydrogen) atoms. The van der Waals surface area contributed by atoms with Crippen LogP contribution < -0.4 is 0 Å². The number of esters is 2. The van der Waals surface area contributed by atoms with E-state index in [-0.39, 0.29) is 24.1 Å². The van der Waals surface area contributed by atoms with Crippen molar-refractivity contribution in [1.82, 2.24) is 0 Å². The van der Waals surface area contributed by atoms with Gasteiger partial charge in [0.2, 0.25) is 0 Å². The Kier molecular flexibility index (Phi) is 5.74. The van der Waals surface area contributed by atoms with Crippen LogP contribution in [-0.4, -0.2) is 24.1 Å². The Morgan fingerprint density at radius 2 is 0.917 bits per heavy atom. The Morgan fingerprint density at radius 1 is 0.625 bits per heavy atom. The maximum absolute atomic E-state index is 11.8. The fourth-order valence-electron chi connectivity index (χ4n) is 2.16. The second-order valence-electron chi connectivity index (χ2n) is 6.06. The highest BCUT2D eigenvalue weighted by Gasteiger charge is 2.11. The minimum absolute atomic E-state index is 0.143. The zero-order valence-corrected chi connectivity index (χ0v) is 14.4. The first-order valence-electron chi connectivity index (χ1n) is 7.99. The lowest BCUT2D eigenvalue weighted by molar-refractivity contribution is 0.0367. The van der Waals surface area contributed by atoms with Crippen molar-refractivity contribution in [3.8, 4) is 11.1 Å². The Hall–Kier alpha value is -2.62. The molecule has 0 aliphatic rings. The largest absolute Gasteiger partial charge is 0.459 e. The lowest BCUT2D eigenvalue weighted by atomic mass is 10.0. The van der Waals surface area contributed by atoms with E-state index in [0.717, 1.165) is 11.1 Å². The summed E-state index contributed by atoms with van der Waals surface area (Å²) >= 11 is 0. The van der Waals surface area contributed by atoms with Gasteiger partial charge in [-0.3, -0.25) is 0 Å². The van der Waals surface area contributed by atoms with Crippen LogP contribution in [0.1, 0.15) is 48.4 Å². The third-order valence-corrected chi connectivity index (χ3v) is 3.26. The third-order valence-electron chi connectivity index (χ3n) is 3.26. The lowest BCUT2D eigenvalue weighted by Crippen LogP contribution is -2.11. The summed E-state index contributed by atoms with van der Waals surface area (Å²) in [5.41, 5.74) is 2.95. The molecule has 0 heterocycles. The highest BCUT2D eigenvalue weighted by atomic mass is 16.5. The summed E-state index contributed by atoms with van der Waals surface area (Å²) in [5, 5.41) is 0. The maximum atomic E-state index is 11.8. The van der Waals surface area contributed by atoms with E-state index in [4.69, 9.17) is 9.47 Å². The van der Waals surface area contributed by atoms with Crippen molar-refractivity contribution in [3.63, 3.8) is 0 Å². The predicted octanol–water partition coefficient (Wildman–Crippen LogP) is 4.48. The first-order chi connectivity index (χ1) is 11.4. The molecule has 0 amide bonds. The Labute approximate surface area is 142 Å². The summed E-state index contributed by atoms with van der Waals surface area (Å²) in [6.07, 6.45) is -0.286. The maximum Gasteiger partial charge on any atom is 0.338 e.